The molecule has 1 aromatic heterocycles. The third-order valence-electron chi connectivity index (χ3n) is 4.17. The molecule has 0 atom stereocenters. The van der Waals surface area contributed by atoms with Gasteiger partial charge in [0, 0.05) is 19.6 Å². The van der Waals surface area contributed by atoms with Gasteiger partial charge >= 0.3 is 0 Å². The molecule has 0 spiro atoms. The van der Waals surface area contributed by atoms with Gasteiger partial charge in [-0.15, -0.1) is 0 Å². The maximum absolute atomic E-state index is 4.56. The number of hydrogen-bond donors (Lipinski definition) is 1. The Kier molecular flexibility index (Phi) is 5.89. The summed E-state index contributed by atoms with van der Waals surface area (Å²) >= 11 is 3.69. The molecule has 0 aliphatic heterocycles. The average molecular weight is 328 g/mol. The van der Waals surface area contributed by atoms with Gasteiger partial charge in [-0.3, -0.25) is 4.68 Å². The second-order valence-electron chi connectivity index (χ2n) is 5.61. The number of rotatable bonds is 4. The highest BCUT2D eigenvalue weighted by atomic mass is 79.9. The SMILES string of the molecule is CCc1nn(C)c(CNC2CCCCCCC2)c1Br. The van der Waals surface area contributed by atoms with E-state index in [2.05, 4.69) is 33.3 Å². The van der Waals surface area contributed by atoms with Gasteiger partial charge in [-0.1, -0.05) is 39.0 Å². The van der Waals surface area contributed by atoms with Gasteiger partial charge in [-0.25, -0.2) is 0 Å². The summed E-state index contributed by atoms with van der Waals surface area (Å²) in [5.74, 6) is 0. The minimum atomic E-state index is 0.687. The fraction of sp³-hybridized carbons (Fsp3) is 0.800. The van der Waals surface area contributed by atoms with E-state index in [9.17, 15) is 0 Å². The zero-order chi connectivity index (χ0) is 13.7. The van der Waals surface area contributed by atoms with Crippen molar-refractivity contribution in [3.05, 3.63) is 15.9 Å². The quantitative estimate of drug-likeness (QED) is 0.907. The maximum atomic E-state index is 4.56. The summed E-state index contributed by atoms with van der Waals surface area (Å²) in [6.07, 6.45) is 10.7. The topological polar surface area (TPSA) is 29.9 Å². The van der Waals surface area contributed by atoms with Gasteiger partial charge < -0.3 is 5.32 Å². The Morgan fingerprint density at radius 1 is 1.21 bits per heavy atom. The average Bonchev–Trinajstić information content (AvgIpc) is 2.64. The summed E-state index contributed by atoms with van der Waals surface area (Å²) < 4.78 is 3.20. The Hall–Kier alpha value is -0.350. The van der Waals surface area contributed by atoms with Crippen LogP contribution in [0, 0.1) is 0 Å². The minimum Gasteiger partial charge on any atom is -0.308 e. The second-order valence-corrected chi connectivity index (χ2v) is 6.40. The van der Waals surface area contributed by atoms with Crippen molar-refractivity contribution in [3.8, 4) is 0 Å². The van der Waals surface area contributed by atoms with Crippen LogP contribution in [0.3, 0.4) is 0 Å². The molecule has 1 aliphatic carbocycles. The molecule has 1 aliphatic rings. The Bertz CT molecular complexity index is 392. The van der Waals surface area contributed by atoms with Crippen molar-refractivity contribution >= 4 is 15.9 Å². The molecular formula is C15H26BrN3. The van der Waals surface area contributed by atoms with Crippen LogP contribution in [0.1, 0.15) is 63.3 Å². The second kappa shape index (κ2) is 7.44. The van der Waals surface area contributed by atoms with Crippen molar-refractivity contribution in [1.82, 2.24) is 15.1 Å². The Balaban J connectivity index is 1.92. The molecule has 0 unspecified atom stereocenters. The summed E-state index contributed by atoms with van der Waals surface area (Å²) in [5, 5.41) is 8.29. The van der Waals surface area contributed by atoms with Crippen LogP contribution < -0.4 is 5.32 Å². The van der Waals surface area contributed by atoms with Gasteiger partial charge in [-0.05, 0) is 35.2 Å². The largest absolute Gasteiger partial charge is 0.308 e. The van der Waals surface area contributed by atoms with Crippen LogP contribution in [0.25, 0.3) is 0 Å². The van der Waals surface area contributed by atoms with E-state index >= 15 is 0 Å². The van der Waals surface area contributed by atoms with Crippen LogP contribution in [0.5, 0.6) is 0 Å². The molecular weight excluding hydrogens is 302 g/mol. The van der Waals surface area contributed by atoms with Gasteiger partial charge in [0.25, 0.3) is 0 Å². The molecule has 4 heteroatoms. The molecule has 0 amide bonds. The zero-order valence-electron chi connectivity index (χ0n) is 12.2. The van der Waals surface area contributed by atoms with Crippen LogP contribution in [0.15, 0.2) is 4.47 Å². The first-order valence-corrected chi connectivity index (χ1v) is 8.45. The monoisotopic (exact) mass is 327 g/mol. The highest BCUT2D eigenvalue weighted by Gasteiger charge is 2.15. The standard InChI is InChI=1S/C15H26BrN3/c1-3-13-15(16)14(19(2)18-13)11-17-12-9-7-5-4-6-8-10-12/h12,17H,3-11H2,1-2H3. The van der Waals surface area contributed by atoms with E-state index in [0.717, 1.165) is 18.7 Å². The van der Waals surface area contributed by atoms with Crippen LogP contribution in [-0.4, -0.2) is 15.8 Å². The molecule has 19 heavy (non-hydrogen) atoms. The summed E-state index contributed by atoms with van der Waals surface area (Å²) in [6.45, 7) is 3.08. The lowest BCUT2D eigenvalue weighted by molar-refractivity contribution is 0.385. The molecule has 2 rings (SSSR count). The fourth-order valence-corrected chi connectivity index (χ4v) is 3.67. The van der Waals surface area contributed by atoms with Gasteiger partial charge in [0.15, 0.2) is 0 Å². The van der Waals surface area contributed by atoms with Crippen LogP contribution in [0.4, 0.5) is 0 Å². The molecule has 0 saturated heterocycles. The van der Waals surface area contributed by atoms with Crippen LogP contribution in [0.2, 0.25) is 0 Å². The van der Waals surface area contributed by atoms with E-state index in [0.29, 0.717) is 6.04 Å². The molecule has 1 fully saturated rings. The molecule has 108 valence electrons. The summed E-state index contributed by atoms with van der Waals surface area (Å²) in [7, 11) is 2.04. The number of halogens is 1. The van der Waals surface area contributed by atoms with Gasteiger partial charge in [0.1, 0.15) is 0 Å². The van der Waals surface area contributed by atoms with Gasteiger partial charge in [0.05, 0.1) is 15.9 Å². The third kappa shape index (κ3) is 4.06. The van der Waals surface area contributed by atoms with Crippen molar-refractivity contribution < 1.29 is 0 Å². The molecule has 0 bridgehead atoms. The number of aromatic nitrogens is 2. The van der Waals surface area contributed by atoms with Crippen molar-refractivity contribution in [1.29, 1.82) is 0 Å². The van der Waals surface area contributed by atoms with E-state index in [4.69, 9.17) is 0 Å². The lowest BCUT2D eigenvalue weighted by Crippen LogP contribution is -2.30. The Morgan fingerprint density at radius 2 is 1.84 bits per heavy atom. The lowest BCUT2D eigenvalue weighted by atomic mass is 9.97. The smallest absolute Gasteiger partial charge is 0.0767 e. The highest BCUT2D eigenvalue weighted by Crippen LogP contribution is 2.22. The fourth-order valence-electron chi connectivity index (χ4n) is 2.91. The number of hydrogen-bond acceptors (Lipinski definition) is 2. The predicted octanol–water partition coefficient (Wildman–Crippen LogP) is 3.95. The first-order valence-electron chi connectivity index (χ1n) is 7.66. The third-order valence-corrected chi connectivity index (χ3v) is 5.08. The minimum absolute atomic E-state index is 0.687. The molecule has 1 saturated carbocycles. The number of nitrogens with zero attached hydrogens (tertiary/aromatic N) is 2. The molecule has 1 aromatic rings. The Morgan fingerprint density at radius 3 is 2.42 bits per heavy atom. The summed E-state index contributed by atoms with van der Waals surface area (Å²) in [4.78, 5) is 0. The predicted molar refractivity (Wildman–Crippen MR) is 83.2 cm³/mol. The van der Waals surface area contributed by atoms with E-state index in [1.165, 1.54) is 55.1 Å². The van der Waals surface area contributed by atoms with Gasteiger partial charge in [0.2, 0.25) is 0 Å². The van der Waals surface area contributed by atoms with Crippen molar-refractivity contribution in [2.45, 2.75) is 70.9 Å². The number of aryl methyl sites for hydroxylation is 2. The lowest BCUT2D eigenvalue weighted by Gasteiger charge is -2.21. The van der Waals surface area contributed by atoms with E-state index in [1.807, 2.05) is 11.7 Å². The summed E-state index contributed by atoms with van der Waals surface area (Å²) in [5.41, 5.74) is 2.44. The number of nitrogens with one attached hydrogen (secondary N) is 1. The molecule has 1 N–H and O–H groups in total. The van der Waals surface area contributed by atoms with E-state index < -0.39 is 0 Å². The van der Waals surface area contributed by atoms with E-state index in [1.54, 1.807) is 0 Å². The zero-order valence-corrected chi connectivity index (χ0v) is 13.8. The first-order chi connectivity index (χ1) is 9.22. The molecule has 1 heterocycles. The van der Waals surface area contributed by atoms with Crippen molar-refractivity contribution in [2.75, 3.05) is 0 Å². The summed E-state index contributed by atoms with van der Waals surface area (Å²) in [6, 6.07) is 0.687. The first kappa shape index (κ1) is 15.0. The Labute approximate surface area is 125 Å². The highest BCUT2D eigenvalue weighted by molar-refractivity contribution is 9.10. The van der Waals surface area contributed by atoms with Gasteiger partial charge in [-0.2, -0.15) is 5.10 Å². The van der Waals surface area contributed by atoms with Crippen LogP contribution in [-0.2, 0) is 20.0 Å². The molecule has 0 radical (unpaired) electrons. The maximum Gasteiger partial charge on any atom is 0.0767 e. The van der Waals surface area contributed by atoms with Crippen molar-refractivity contribution in [3.63, 3.8) is 0 Å². The normalized spacial score (nSPS) is 18.3. The van der Waals surface area contributed by atoms with E-state index in [-0.39, 0.29) is 0 Å². The van der Waals surface area contributed by atoms with Crippen LogP contribution >= 0.6 is 15.9 Å². The molecule has 3 nitrogen and oxygen atoms in total. The van der Waals surface area contributed by atoms with Crippen molar-refractivity contribution in [2.24, 2.45) is 7.05 Å². The molecule has 0 aromatic carbocycles.